The monoisotopic (exact) mass is 284 g/mol. The maximum Gasteiger partial charge on any atom is 0.296 e. The molecule has 0 unspecified atom stereocenters. The summed E-state index contributed by atoms with van der Waals surface area (Å²) in [7, 11) is 4.58. The Bertz CT molecular complexity index is 451. The molecule has 0 atom stereocenters. The zero-order valence-electron chi connectivity index (χ0n) is 12.0. The van der Waals surface area contributed by atoms with Crippen LogP contribution >= 0.6 is 0 Å². The van der Waals surface area contributed by atoms with Gasteiger partial charge in [0.15, 0.2) is 11.5 Å². The number of unbranched alkanes of at least 4 members (excludes halogenated alkanes) is 1. The van der Waals surface area contributed by atoms with E-state index in [4.69, 9.17) is 14.2 Å². The molecule has 0 bridgehead atoms. The minimum atomic E-state index is -0.445. The molecule has 0 aromatic heterocycles. The minimum Gasteiger partial charge on any atom is -0.493 e. The maximum absolute atomic E-state index is 11.1. The predicted molar refractivity (Wildman–Crippen MR) is 75.8 cm³/mol. The van der Waals surface area contributed by atoms with E-state index in [9.17, 15) is 10.1 Å². The van der Waals surface area contributed by atoms with Crippen molar-refractivity contribution in [1.29, 1.82) is 0 Å². The number of nitrogens with one attached hydrogen (secondary N) is 1. The molecule has 0 saturated heterocycles. The number of methoxy groups -OCH3 is 3. The van der Waals surface area contributed by atoms with E-state index in [2.05, 4.69) is 5.32 Å². The smallest absolute Gasteiger partial charge is 0.296 e. The number of hydrogen-bond acceptors (Lipinski definition) is 6. The summed E-state index contributed by atoms with van der Waals surface area (Å²) in [6.07, 6.45) is 1.75. The Morgan fingerprint density at radius 2 is 1.80 bits per heavy atom. The summed E-state index contributed by atoms with van der Waals surface area (Å²) in [5, 5.41) is 14.1. The molecule has 1 aromatic carbocycles. The van der Waals surface area contributed by atoms with Crippen molar-refractivity contribution < 1.29 is 19.1 Å². The van der Waals surface area contributed by atoms with Crippen LogP contribution in [0, 0.1) is 10.1 Å². The van der Waals surface area contributed by atoms with Gasteiger partial charge in [0.1, 0.15) is 5.69 Å². The van der Waals surface area contributed by atoms with Crippen LogP contribution in [-0.4, -0.2) is 39.4 Å². The lowest BCUT2D eigenvalue weighted by Crippen LogP contribution is -2.06. The van der Waals surface area contributed by atoms with Gasteiger partial charge in [-0.1, -0.05) is 0 Å². The summed E-state index contributed by atoms with van der Waals surface area (Å²) in [5.41, 5.74) is 0.388. The number of anilines is 1. The van der Waals surface area contributed by atoms with Gasteiger partial charge < -0.3 is 19.5 Å². The summed E-state index contributed by atoms with van der Waals surface area (Å²) >= 11 is 0. The van der Waals surface area contributed by atoms with Gasteiger partial charge >= 0.3 is 0 Å². The third kappa shape index (κ3) is 4.27. The second-order valence-electron chi connectivity index (χ2n) is 4.11. The van der Waals surface area contributed by atoms with Gasteiger partial charge in [0.25, 0.3) is 5.69 Å². The molecular weight excluding hydrogens is 264 g/mol. The Balaban J connectivity index is 2.84. The quantitative estimate of drug-likeness (QED) is 0.426. The third-order valence-electron chi connectivity index (χ3n) is 2.79. The highest BCUT2D eigenvalue weighted by Gasteiger charge is 2.19. The van der Waals surface area contributed by atoms with Gasteiger partial charge in [-0.2, -0.15) is 0 Å². The van der Waals surface area contributed by atoms with Crippen LogP contribution in [0.25, 0.3) is 0 Å². The lowest BCUT2D eigenvalue weighted by molar-refractivity contribution is -0.384. The van der Waals surface area contributed by atoms with E-state index in [1.165, 1.54) is 20.3 Å². The fourth-order valence-corrected chi connectivity index (χ4v) is 1.76. The van der Waals surface area contributed by atoms with E-state index < -0.39 is 4.92 Å². The van der Waals surface area contributed by atoms with E-state index >= 15 is 0 Å². The van der Waals surface area contributed by atoms with Crippen molar-refractivity contribution in [3.8, 4) is 11.5 Å². The summed E-state index contributed by atoms with van der Waals surface area (Å²) in [6, 6.07) is 2.93. The van der Waals surface area contributed by atoms with Crippen molar-refractivity contribution in [3.05, 3.63) is 22.2 Å². The van der Waals surface area contributed by atoms with E-state index in [0.29, 0.717) is 30.3 Å². The van der Waals surface area contributed by atoms with Crippen molar-refractivity contribution in [1.82, 2.24) is 0 Å². The van der Waals surface area contributed by atoms with E-state index in [1.54, 1.807) is 13.2 Å². The predicted octanol–water partition coefficient (Wildman–Crippen LogP) is 2.45. The molecule has 0 radical (unpaired) electrons. The summed E-state index contributed by atoms with van der Waals surface area (Å²) in [5.74, 6) is 0.793. The average molecular weight is 284 g/mol. The molecule has 0 saturated carbocycles. The Morgan fingerprint density at radius 1 is 1.15 bits per heavy atom. The number of nitro groups is 1. The first-order chi connectivity index (χ1) is 9.63. The van der Waals surface area contributed by atoms with E-state index in [-0.39, 0.29) is 5.69 Å². The highest BCUT2D eigenvalue weighted by Crippen LogP contribution is 2.37. The van der Waals surface area contributed by atoms with E-state index in [0.717, 1.165) is 12.8 Å². The Hall–Kier alpha value is -2.02. The first-order valence-corrected chi connectivity index (χ1v) is 6.27. The van der Waals surface area contributed by atoms with Gasteiger partial charge in [-0.15, -0.1) is 0 Å². The molecule has 112 valence electrons. The number of hydrogen-bond donors (Lipinski definition) is 1. The van der Waals surface area contributed by atoms with Crippen molar-refractivity contribution in [2.75, 3.05) is 39.8 Å². The molecule has 20 heavy (non-hydrogen) atoms. The first kappa shape index (κ1) is 16.0. The molecule has 0 amide bonds. The normalized spacial score (nSPS) is 10.2. The van der Waals surface area contributed by atoms with Crippen molar-refractivity contribution in [2.45, 2.75) is 12.8 Å². The number of ether oxygens (including phenoxy) is 3. The van der Waals surface area contributed by atoms with Crippen molar-refractivity contribution >= 4 is 11.4 Å². The Morgan fingerprint density at radius 3 is 2.35 bits per heavy atom. The standard InChI is InChI=1S/C13H20N2O5/c1-18-7-5-4-6-14-10-8-12(19-2)13(20-3)9-11(10)15(16)17/h8-9,14H,4-7H2,1-3H3. The topological polar surface area (TPSA) is 82.9 Å². The minimum absolute atomic E-state index is 0.0330. The molecule has 7 nitrogen and oxygen atoms in total. The van der Waals surface area contributed by atoms with Gasteiger partial charge in [0, 0.05) is 26.3 Å². The highest BCUT2D eigenvalue weighted by molar-refractivity contribution is 5.68. The molecule has 0 aliphatic heterocycles. The Labute approximate surface area is 118 Å². The van der Waals surface area contributed by atoms with Gasteiger partial charge in [-0.25, -0.2) is 0 Å². The number of benzene rings is 1. The molecule has 0 heterocycles. The van der Waals surface area contributed by atoms with Crippen LogP contribution < -0.4 is 14.8 Å². The SMILES string of the molecule is COCCCCNc1cc(OC)c(OC)cc1[N+](=O)[O-]. The van der Waals surface area contributed by atoms with Crippen LogP contribution in [0.3, 0.4) is 0 Å². The molecule has 0 spiro atoms. The number of nitrogens with zero attached hydrogens (tertiary/aromatic N) is 1. The van der Waals surface area contributed by atoms with Gasteiger partial charge in [-0.05, 0) is 12.8 Å². The van der Waals surface area contributed by atoms with Crippen LogP contribution in [0.2, 0.25) is 0 Å². The zero-order valence-corrected chi connectivity index (χ0v) is 12.0. The highest BCUT2D eigenvalue weighted by atomic mass is 16.6. The van der Waals surface area contributed by atoms with Crippen LogP contribution in [0.1, 0.15) is 12.8 Å². The van der Waals surface area contributed by atoms with Crippen LogP contribution in [0.15, 0.2) is 12.1 Å². The summed E-state index contributed by atoms with van der Waals surface area (Å²) in [6.45, 7) is 1.30. The van der Waals surface area contributed by atoms with Crippen molar-refractivity contribution in [2.24, 2.45) is 0 Å². The molecule has 1 aromatic rings. The summed E-state index contributed by atoms with van der Waals surface area (Å²) in [4.78, 5) is 10.6. The van der Waals surface area contributed by atoms with E-state index in [1.807, 2.05) is 0 Å². The molecular formula is C13H20N2O5. The van der Waals surface area contributed by atoms with Crippen molar-refractivity contribution in [3.63, 3.8) is 0 Å². The van der Waals surface area contributed by atoms with Crippen LogP contribution in [0.5, 0.6) is 11.5 Å². The second-order valence-corrected chi connectivity index (χ2v) is 4.11. The molecule has 0 aliphatic carbocycles. The first-order valence-electron chi connectivity index (χ1n) is 6.27. The number of rotatable bonds is 9. The maximum atomic E-state index is 11.1. The van der Waals surface area contributed by atoms with Gasteiger partial charge in [0.2, 0.25) is 0 Å². The van der Waals surface area contributed by atoms with Crippen LogP contribution in [-0.2, 0) is 4.74 Å². The molecule has 1 N–H and O–H groups in total. The lowest BCUT2D eigenvalue weighted by atomic mass is 10.2. The number of nitro benzene ring substituents is 1. The van der Waals surface area contributed by atoms with Crippen LogP contribution in [0.4, 0.5) is 11.4 Å². The lowest BCUT2D eigenvalue weighted by Gasteiger charge is -2.12. The van der Waals surface area contributed by atoms with Gasteiger partial charge in [-0.3, -0.25) is 10.1 Å². The fraction of sp³-hybridized carbons (Fsp3) is 0.538. The fourth-order valence-electron chi connectivity index (χ4n) is 1.76. The average Bonchev–Trinajstić information content (AvgIpc) is 2.46. The van der Waals surface area contributed by atoms with Gasteiger partial charge in [0.05, 0.1) is 25.2 Å². The molecule has 0 aliphatic rings. The molecule has 7 heteroatoms. The second kappa shape index (κ2) is 8.21. The summed E-state index contributed by atoms with van der Waals surface area (Å²) < 4.78 is 15.2. The largest absolute Gasteiger partial charge is 0.493 e. The zero-order chi connectivity index (χ0) is 15.0. The Kier molecular flexibility index (Phi) is 6.58. The molecule has 1 rings (SSSR count). The third-order valence-corrected chi connectivity index (χ3v) is 2.79. The molecule has 0 fully saturated rings.